The van der Waals surface area contributed by atoms with Gasteiger partial charge in [0.2, 0.25) is 0 Å². The molecule has 0 N–H and O–H groups in total. The van der Waals surface area contributed by atoms with Crippen molar-refractivity contribution in [1.29, 1.82) is 0 Å². The van der Waals surface area contributed by atoms with Crippen LogP contribution in [0.25, 0.3) is 0 Å². The van der Waals surface area contributed by atoms with Gasteiger partial charge in [-0.1, -0.05) is 18.2 Å². The number of hydrogen-bond acceptors (Lipinski definition) is 3. The van der Waals surface area contributed by atoms with E-state index in [-0.39, 0.29) is 6.29 Å². The van der Waals surface area contributed by atoms with Crippen LogP contribution >= 0.6 is 11.8 Å². The molecule has 0 radical (unpaired) electrons. The normalized spacial score (nSPS) is 10.9. The molecule has 1 aromatic rings. The molecule has 0 saturated carbocycles. The molecule has 0 atom stereocenters. The molecule has 1 rings (SSSR count). The number of ether oxygens (including phenoxy) is 2. The van der Waals surface area contributed by atoms with Gasteiger partial charge in [-0.2, -0.15) is 0 Å². The van der Waals surface area contributed by atoms with E-state index >= 15 is 0 Å². The summed E-state index contributed by atoms with van der Waals surface area (Å²) in [7, 11) is 0. The van der Waals surface area contributed by atoms with Gasteiger partial charge in [-0.25, -0.2) is 0 Å². The molecule has 0 aliphatic heterocycles. The van der Waals surface area contributed by atoms with Crippen molar-refractivity contribution >= 4 is 11.8 Å². The maximum atomic E-state index is 5.58. The van der Waals surface area contributed by atoms with Crippen molar-refractivity contribution in [3.8, 4) is 0 Å². The van der Waals surface area contributed by atoms with Crippen LogP contribution in [0.15, 0.2) is 29.2 Å². The topological polar surface area (TPSA) is 18.5 Å². The fourth-order valence-electron chi connectivity index (χ4n) is 1.39. The Morgan fingerprint density at radius 3 is 2.27 bits per heavy atom. The highest BCUT2D eigenvalue weighted by Gasteiger charge is 2.14. The van der Waals surface area contributed by atoms with E-state index in [0.29, 0.717) is 13.2 Å². The molecular weight excluding hydrogens is 208 g/mol. The van der Waals surface area contributed by atoms with Crippen molar-refractivity contribution in [3.05, 3.63) is 29.8 Å². The minimum atomic E-state index is -0.233. The van der Waals surface area contributed by atoms with Gasteiger partial charge in [0, 0.05) is 23.7 Å². The fraction of sp³-hybridized carbons (Fsp3) is 0.500. The zero-order valence-corrected chi connectivity index (χ0v) is 10.3. The average molecular weight is 226 g/mol. The molecule has 84 valence electrons. The zero-order chi connectivity index (χ0) is 11.1. The van der Waals surface area contributed by atoms with Gasteiger partial charge in [0.05, 0.1) is 0 Å². The highest BCUT2D eigenvalue weighted by Crippen LogP contribution is 2.28. The summed E-state index contributed by atoms with van der Waals surface area (Å²) in [4.78, 5) is 1.21. The Morgan fingerprint density at radius 2 is 1.73 bits per heavy atom. The van der Waals surface area contributed by atoms with Crippen molar-refractivity contribution in [3.63, 3.8) is 0 Å². The Balaban J connectivity index is 2.88. The summed E-state index contributed by atoms with van der Waals surface area (Å²) in [5.41, 5.74) is 1.12. The summed E-state index contributed by atoms with van der Waals surface area (Å²) in [6, 6.07) is 8.19. The second-order valence-corrected chi connectivity index (χ2v) is 3.83. The van der Waals surface area contributed by atoms with Crippen molar-refractivity contribution in [1.82, 2.24) is 0 Å². The molecular formula is C12H18O2S. The first-order valence-electron chi connectivity index (χ1n) is 5.19. The molecule has 2 nitrogen and oxygen atoms in total. The van der Waals surface area contributed by atoms with Gasteiger partial charge in [0.15, 0.2) is 6.29 Å². The summed E-state index contributed by atoms with van der Waals surface area (Å²) in [5.74, 6) is 0. The SMILES string of the molecule is CCOC(OCC)c1ccccc1SC. The van der Waals surface area contributed by atoms with Crippen LogP contribution in [0.5, 0.6) is 0 Å². The maximum absolute atomic E-state index is 5.58. The number of thioether (sulfide) groups is 1. The third kappa shape index (κ3) is 3.52. The number of rotatable bonds is 6. The molecule has 15 heavy (non-hydrogen) atoms. The smallest absolute Gasteiger partial charge is 0.184 e. The Bertz CT molecular complexity index is 283. The fourth-order valence-corrected chi connectivity index (χ4v) is 2.01. The number of hydrogen-bond donors (Lipinski definition) is 0. The van der Waals surface area contributed by atoms with Gasteiger partial charge >= 0.3 is 0 Å². The summed E-state index contributed by atoms with van der Waals surface area (Å²) < 4.78 is 11.2. The molecule has 3 heteroatoms. The first kappa shape index (κ1) is 12.6. The van der Waals surface area contributed by atoms with Gasteiger partial charge in [-0.05, 0) is 26.2 Å². The lowest BCUT2D eigenvalue weighted by Gasteiger charge is -2.19. The van der Waals surface area contributed by atoms with Crippen molar-refractivity contribution in [2.24, 2.45) is 0 Å². The maximum Gasteiger partial charge on any atom is 0.184 e. The highest BCUT2D eigenvalue weighted by atomic mass is 32.2. The first-order valence-corrected chi connectivity index (χ1v) is 6.42. The minimum Gasteiger partial charge on any atom is -0.349 e. The van der Waals surface area contributed by atoms with Crippen LogP contribution < -0.4 is 0 Å². The van der Waals surface area contributed by atoms with Crippen molar-refractivity contribution < 1.29 is 9.47 Å². The van der Waals surface area contributed by atoms with Crippen LogP contribution in [0.2, 0.25) is 0 Å². The molecule has 0 amide bonds. The van der Waals surface area contributed by atoms with E-state index in [2.05, 4.69) is 18.4 Å². The van der Waals surface area contributed by atoms with E-state index in [9.17, 15) is 0 Å². The summed E-state index contributed by atoms with van der Waals surface area (Å²) >= 11 is 1.72. The highest BCUT2D eigenvalue weighted by molar-refractivity contribution is 7.98. The van der Waals surface area contributed by atoms with E-state index in [1.165, 1.54) is 4.90 Å². The molecule has 0 heterocycles. The van der Waals surface area contributed by atoms with E-state index in [4.69, 9.17) is 9.47 Å². The van der Waals surface area contributed by atoms with Crippen LogP contribution in [-0.2, 0) is 9.47 Å². The molecule has 0 unspecified atom stereocenters. The standard InChI is InChI=1S/C12H18O2S/c1-4-13-12(14-5-2)10-8-6-7-9-11(10)15-3/h6-9,12H,4-5H2,1-3H3. The molecule has 0 fully saturated rings. The average Bonchev–Trinajstić information content (AvgIpc) is 2.29. The lowest BCUT2D eigenvalue weighted by atomic mass is 10.2. The summed E-state index contributed by atoms with van der Waals surface area (Å²) in [5, 5.41) is 0. The van der Waals surface area contributed by atoms with Crippen LogP contribution in [0, 0.1) is 0 Å². The van der Waals surface area contributed by atoms with Gasteiger partial charge in [0.1, 0.15) is 0 Å². The lowest BCUT2D eigenvalue weighted by Crippen LogP contribution is -2.09. The van der Waals surface area contributed by atoms with Gasteiger partial charge in [0.25, 0.3) is 0 Å². The number of benzene rings is 1. The van der Waals surface area contributed by atoms with Crippen molar-refractivity contribution in [2.45, 2.75) is 25.0 Å². The molecule has 1 aromatic carbocycles. The Hall–Kier alpha value is -0.510. The third-order valence-corrected chi connectivity index (χ3v) is 2.84. The van der Waals surface area contributed by atoms with E-state index in [0.717, 1.165) is 5.56 Å². The Labute approximate surface area is 96.0 Å². The van der Waals surface area contributed by atoms with E-state index in [1.807, 2.05) is 26.0 Å². The van der Waals surface area contributed by atoms with E-state index in [1.54, 1.807) is 11.8 Å². The third-order valence-electron chi connectivity index (χ3n) is 2.03. The predicted molar refractivity (Wildman–Crippen MR) is 64.2 cm³/mol. The Kier molecular flexibility index (Phi) is 5.76. The second kappa shape index (κ2) is 6.88. The molecule has 0 bridgehead atoms. The molecule has 0 aromatic heterocycles. The molecule has 0 saturated heterocycles. The Morgan fingerprint density at radius 1 is 1.13 bits per heavy atom. The minimum absolute atomic E-state index is 0.233. The summed E-state index contributed by atoms with van der Waals surface area (Å²) in [6.07, 6.45) is 1.83. The largest absolute Gasteiger partial charge is 0.349 e. The van der Waals surface area contributed by atoms with Crippen LogP contribution in [-0.4, -0.2) is 19.5 Å². The van der Waals surface area contributed by atoms with Crippen LogP contribution in [0.3, 0.4) is 0 Å². The zero-order valence-electron chi connectivity index (χ0n) is 9.53. The van der Waals surface area contributed by atoms with Crippen LogP contribution in [0.1, 0.15) is 25.7 Å². The van der Waals surface area contributed by atoms with Gasteiger partial charge in [-0.3, -0.25) is 0 Å². The second-order valence-electron chi connectivity index (χ2n) is 2.98. The van der Waals surface area contributed by atoms with E-state index < -0.39 is 0 Å². The van der Waals surface area contributed by atoms with Gasteiger partial charge < -0.3 is 9.47 Å². The van der Waals surface area contributed by atoms with Crippen molar-refractivity contribution in [2.75, 3.05) is 19.5 Å². The van der Waals surface area contributed by atoms with Gasteiger partial charge in [-0.15, -0.1) is 11.8 Å². The monoisotopic (exact) mass is 226 g/mol. The summed E-state index contributed by atoms with van der Waals surface area (Å²) in [6.45, 7) is 5.28. The lowest BCUT2D eigenvalue weighted by molar-refractivity contribution is -0.141. The molecule has 0 aliphatic rings. The van der Waals surface area contributed by atoms with Crippen LogP contribution in [0.4, 0.5) is 0 Å². The molecule has 0 aliphatic carbocycles. The quantitative estimate of drug-likeness (QED) is 0.546. The molecule has 0 spiro atoms. The predicted octanol–water partition coefficient (Wildman–Crippen LogP) is 3.48. The first-order chi connectivity index (χ1) is 7.33.